The van der Waals surface area contributed by atoms with E-state index in [0.29, 0.717) is 31.8 Å². The summed E-state index contributed by atoms with van der Waals surface area (Å²) in [6, 6.07) is 6.85. The number of nitrogens with zero attached hydrogens (tertiary/aromatic N) is 1. The first-order valence-electron chi connectivity index (χ1n) is 9.79. The summed E-state index contributed by atoms with van der Waals surface area (Å²) in [5.41, 5.74) is 2.69. The van der Waals surface area contributed by atoms with Crippen molar-refractivity contribution < 1.29 is 14.6 Å². The van der Waals surface area contributed by atoms with Gasteiger partial charge in [-0.25, -0.2) is 0 Å². The van der Waals surface area contributed by atoms with Crippen molar-refractivity contribution in [2.75, 3.05) is 32.9 Å². The number of hydrogen-bond donors (Lipinski definition) is 1. The number of benzene rings is 1. The molecule has 0 saturated carbocycles. The Kier molecular flexibility index (Phi) is 8.64. The second-order valence-electron chi connectivity index (χ2n) is 7.86. The lowest BCUT2D eigenvalue weighted by atomic mass is 9.89. The summed E-state index contributed by atoms with van der Waals surface area (Å²) < 4.78 is 11.6. The maximum absolute atomic E-state index is 10.3. The molecule has 2 fully saturated rings. The first-order chi connectivity index (χ1) is 12.1. The van der Waals surface area contributed by atoms with Gasteiger partial charge in [-0.15, -0.1) is 24.0 Å². The minimum absolute atomic E-state index is 0. The summed E-state index contributed by atoms with van der Waals surface area (Å²) >= 11 is 0. The van der Waals surface area contributed by atoms with E-state index in [1.54, 1.807) is 0 Å². The van der Waals surface area contributed by atoms with Gasteiger partial charge in [0.1, 0.15) is 12.4 Å². The summed E-state index contributed by atoms with van der Waals surface area (Å²) in [7, 11) is 0. The van der Waals surface area contributed by atoms with E-state index in [9.17, 15) is 5.11 Å². The van der Waals surface area contributed by atoms with Crippen molar-refractivity contribution >= 4 is 24.0 Å². The highest BCUT2D eigenvalue weighted by Crippen LogP contribution is 2.30. The van der Waals surface area contributed by atoms with Crippen molar-refractivity contribution in [1.29, 1.82) is 0 Å². The van der Waals surface area contributed by atoms with Gasteiger partial charge in [0, 0.05) is 25.1 Å². The molecule has 26 heavy (non-hydrogen) atoms. The average molecular weight is 475 g/mol. The molecule has 1 N–H and O–H groups in total. The van der Waals surface area contributed by atoms with Gasteiger partial charge >= 0.3 is 0 Å². The third kappa shape index (κ3) is 5.33. The zero-order valence-electron chi connectivity index (χ0n) is 16.3. The molecule has 0 spiro atoms. The van der Waals surface area contributed by atoms with Crippen LogP contribution >= 0.6 is 24.0 Å². The van der Waals surface area contributed by atoms with Crippen LogP contribution in [0.2, 0.25) is 0 Å². The van der Waals surface area contributed by atoms with Crippen LogP contribution in [-0.4, -0.2) is 55.1 Å². The molecule has 2 saturated heterocycles. The molecular formula is C21H34INO3. The topological polar surface area (TPSA) is 41.9 Å². The largest absolute Gasteiger partial charge is 0.492 e. The van der Waals surface area contributed by atoms with E-state index >= 15 is 0 Å². The molecule has 0 radical (unpaired) electrons. The van der Waals surface area contributed by atoms with Crippen molar-refractivity contribution in [2.45, 2.75) is 58.1 Å². The van der Waals surface area contributed by atoms with Crippen LogP contribution in [0.3, 0.4) is 0 Å². The minimum atomic E-state index is -0.216. The van der Waals surface area contributed by atoms with Crippen molar-refractivity contribution in [3.05, 3.63) is 29.3 Å². The van der Waals surface area contributed by atoms with E-state index in [1.165, 1.54) is 17.5 Å². The molecule has 0 amide bonds. The smallest absolute Gasteiger partial charge is 0.119 e. The second kappa shape index (κ2) is 10.2. The SMILES string of the molecule is Cc1cc(OCCN2CCCC2C2COCCC2O)ccc1C(C)C.I. The van der Waals surface area contributed by atoms with Gasteiger partial charge in [-0.05, 0) is 61.9 Å². The second-order valence-corrected chi connectivity index (χ2v) is 7.86. The molecule has 1 aromatic rings. The van der Waals surface area contributed by atoms with E-state index in [-0.39, 0.29) is 36.0 Å². The molecule has 0 aromatic heterocycles. The van der Waals surface area contributed by atoms with E-state index in [2.05, 4.69) is 43.9 Å². The Bertz CT molecular complexity index is 566. The molecule has 1 aromatic carbocycles. The Labute approximate surface area is 175 Å². The summed E-state index contributed by atoms with van der Waals surface area (Å²) in [5, 5.41) is 10.3. The van der Waals surface area contributed by atoms with Crippen LogP contribution in [0, 0.1) is 12.8 Å². The highest BCUT2D eigenvalue weighted by molar-refractivity contribution is 14.0. The van der Waals surface area contributed by atoms with Crippen LogP contribution < -0.4 is 4.74 Å². The number of ether oxygens (including phenoxy) is 2. The standard InChI is InChI=1S/C21H33NO3.HI/c1-15(2)18-7-6-17(13-16(18)3)25-12-10-22-9-4-5-20(22)19-14-24-11-8-21(19)23;/h6-7,13,15,19-21,23H,4-5,8-12,14H2,1-3H3;1H. The van der Waals surface area contributed by atoms with Gasteiger partial charge in [0.2, 0.25) is 0 Å². The van der Waals surface area contributed by atoms with Crippen molar-refractivity contribution in [3.63, 3.8) is 0 Å². The van der Waals surface area contributed by atoms with Gasteiger partial charge < -0.3 is 14.6 Å². The molecule has 3 atom stereocenters. The highest BCUT2D eigenvalue weighted by atomic mass is 127. The lowest BCUT2D eigenvalue weighted by Gasteiger charge is -2.37. The summed E-state index contributed by atoms with van der Waals surface area (Å²) in [4.78, 5) is 2.48. The fraction of sp³-hybridized carbons (Fsp3) is 0.714. The molecule has 2 aliphatic heterocycles. The van der Waals surface area contributed by atoms with E-state index in [1.807, 2.05) is 0 Å². The molecule has 5 heteroatoms. The molecule has 4 nitrogen and oxygen atoms in total. The molecule has 3 unspecified atom stereocenters. The van der Waals surface area contributed by atoms with Gasteiger partial charge in [0.05, 0.1) is 12.7 Å². The fourth-order valence-corrected chi connectivity index (χ4v) is 4.40. The molecule has 148 valence electrons. The van der Waals surface area contributed by atoms with Crippen LogP contribution in [-0.2, 0) is 4.74 Å². The zero-order valence-corrected chi connectivity index (χ0v) is 18.6. The van der Waals surface area contributed by atoms with Gasteiger partial charge in [-0.2, -0.15) is 0 Å². The first-order valence-corrected chi connectivity index (χ1v) is 9.79. The summed E-state index contributed by atoms with van der Waals surface area (Å²) in [5.74, 6) is 1.76. The number of likely N-dealkylation sites (tertiary alicyclic amines) is 1. The molecule has 0 bridgehead atoms. The van der Waals surface area contributed by atoms with E-state index < -0.39 is 0 Å². The number of aliphatic hydroxyl groups is 1. The average Bonchev–Trinajstić information content (AvgIpc) is 3.03. The Balaban J connectivity index is 0.00000243. The quantitative estimate of drug-likeness (QED) is 0.633. The molecule has 0 aliphatic carbocycles. The van der Waals surface area contributed by atoms with Crippen LogP contribution in [0.15, 0.2) is 18.2 Å². The van der Waals surface area contributed by atoms with Gasteiger partial charge in [-0.1, -0.05) is 19.9 Å². The third-order valence-corrected chi connectivity index (χ3v) is 5.78. The fourth-order valence-electron chi connectivity index (χ4n) is 4.40. The summed E-state index contributed by atoms with van der Waals surface area (Å²) in [6.07, 6.45) is 2.92. The Morgan fingerprint density at radius 1 is 1.31 bits per heavy atom. The molecule has 2 heterocycles. The van der Waals surface area contributed by atoms with Crippen molar-refractivity contribution in [3.8, 4) is 5.75 Å². The Morgan fingerprint density at radius 2 is 2.12 bits per heavy atom. The van der Waals surface area contributed by atoms with Gasteiger partial charge in [0.15, 0.2) is 0 Å². The van der Waals surface area contributed by atoms with Gasteiger partial charge in [-0.3, -0.25) is 4.90 Å². The van der Waals surface area contributed by atoms with Crippen LogP contribution in [0.1, 0.15) is 50.2 Å². The maximum Gasteiger partial charge on any atom is 0.119 e. The van der Waals surface area contributed by atoms with E-state index in [0.717, 1.165) is 31.7 Å². The lowest BCUT2D eigenvalue weighted by molar-refractivity contribution is -0.0634. The highest BCUT2D eigenvalue weighted by Gasteiger charge is 2.37. The Hall–Kier alpha value is -0.370. The van der Waals surface area contributed by atoms with Crippen LogP contribution in [0.5, 0.6) is 5.75 Å². The number of aliphatic hydroxyl groups excluding tert-OH is 1. The minimum Gasteiger partial charge on any atom is -0.492 e. The number of halogens is 1. The lowest BCUT2D eigenvalue weighted by Crippen LogP contribution is -2.47. The van der Waals surface area contributed by atoms with Gasteiger partial charge in [0.25, 0.3) is 0 Å². The molecule has 2 aliphatic rings. The first kappa shape index (κ1) is 21.9. The predicted octanol–water partition coefficient (Wildman–Crippen LogP) is 3.98. The maximum atomic E-state index is 10.3. The van der Waals surface area contributed by atoms with Crippen LogP contribution in [0.25, 0.3) is 0 Å². The third-order valence-electron chi connectivity index (χ3n) is 5.78. The zero-order chi connectivity index (χ0) is 17.8. The number of rotatable bonds is 6. The number of aryl methyl sites for hydroxylation is 1. The Morgan fingerprint density at radius 3 is 2.81 bits per heavy atom. The molecule has 3 rings (SSSR count). The monoisotopic (exact) mass is 475 g/mol. The normalized spacial score (nSPS) is 26.7. The molecular weight excluding hydrogens is 441 g/mol. The van der Waals surface area contributed by atoms with Crippen molar-refractivity contribution in [1.82, 2.24) is 4.90 Å². The van der Waals surface area contributed by atoms with E-state index in [4.69, 9.17) is 9.47 Å². The van der Waals surface area contributed by atoms with Crippen LogP contribution in [0.4, 0.5) is 0 Å². The number of hydrogen-bond acceptors (Lipinski definition) is 4. The van der Waals surface area contributed by atoms with Crippen molar-refractivity contribution in [2.24, 2.45) is 5.92 Å². The summed E-state index contributed by atoms with van der Waals surface area (Å²) in [6.45, 7) is 10.7. The predicted molar refractivity (Wildman–Crippen MR) is 116 cm³/mol.